The number of rotatable bonds is 7. The fourth-order valence-corrected chi connectivity index (χ4v) is 2.88. The summed E-state index contributed by atoms with van der Waals surface area (Å²) in [5, 5.41) is 10.8. The average molecular weight is 423 g/mol. The van der Waals surface area contributed by atoms with Gasteiger partial charge in [-0.25, -0.2) is 9.37 Å². The maximum Gasteiger partial charge on any atom is 0.277 e. The highest BCUT2D eigenvalue weighted by atomic mass is 35.5. The van der Waals surface area contributed by atoms with Gasteiger partial charge >= 0.3 is 0 Å². The molecule has 1 amide bonds. The van der Waals surface area contributed by atoms with Crippen LogP contribution in [0.4, 0.5) is 10.2 Å². The maximum absolute atomic E-state index is 13.0. The van der Waals surface area contributed by atoms with Gasteiger partial charge in [-0.1, -0.05) is 23.4 Å². The highest BCUT2D eigenvalue weighted by Gasteiger charge is 2.21. The lowest BCUT2D eigenvalue weighted by atomic mass is 10.3. The van der Waals surface area contributed by atoms with Crippen molar-refractivity contribution in [1.29, 1.82) is 0 Å². The standard InChI is InChI=1S/C18H16ClFN4O3S/c1-10(26-14-6-4-13(20)5-7-14)17-23-24-18(27-17)28-11(2)16(25)22-15-8-3-12(19)9-21-15/h3-11H,1-2H3,(H,21,22,25). The quantitative estimate of drug-likeness (QED) is 0.560. The summed E-state index contributed by atoms with van der Waals surface area (Å²) in [7, 11) is 0. The van der Waals surface area contributed by atoms with Crippen molar-refractivity contribution < 1.29 is 18.3 Å². The van der Waals surface area contributed by atoms with E-state index in [2.05, 4.69) is 20.5 Å². The lowest BCUT2D eigenvalue weighted by Gasteiger charge is -2.11. The molecule has 1 aromatic carbocycles. The Bertz CT molecular complexity index is 937. The van der Waals surface area contributed by atoms with Crippen LogP contribution in [0.5, 0.6) is 5.75 Å². The van der Waals surface area contributed by atoms with Gasteiger partial charge in [0.25, 0.3) is 11.1 Å². The zero-order chi connectivity index (χ0) is 20.1. The molecule has 3 aromatic rings. The summed E-state index contributed by atoms with van der Waals surface area (Å²) in [6, 6.07) is 8.86. The number of hydrogen-bond donors (Lipinski definition) is 1. The number of halogens is 2. The van der Waals surface area contributed by atoms with Gasteiger partial charge in [-0.2, -0.15) is 0 Å². The highest BCUT2D eigenvalue weighted by Crippen LogP contribution is 2.27. The van der Waals surface area contributed by atoms with E-state index in [0.29, 0.717) is 16.6 Å². The van der Waals surface area contributed by atoms with E-state index in [1.807, 2.05) is 0 Å². The number of anilines is 1. The number of carbonyl (C=O) groups excluding carboxylic acids is 1. The van der Waals surface area contributed by atoms with Crippen LogP contribution in [0.15, 0.2) is 52.2 Å². The summed E-state index contributed by atoms with van der Waals surface area (Å²) in [6.45, 7) is 3.44. The van der Waals surface area contributed by atoms with Crippen molar-refractivity contribution in [3.63, 3.8) is 0 Å². The Morgan fingerprint density at radius 1 is 1.21 bits per heavy atom. The van der Waals surface area contributed by atoms with Crippen LogP contribution in [-0.2, 0) is 4.79 Å². The molecule has 10 heteroatoms. The summed E-state index contributed by atoms with van der Waals surface area (Å²) in [4.78, 5) is 16.3. The second kappa shape index (κ2) is 9.03. The molecule has 0 fully saturated rings. The molecule has 2 unspecified atom stereocenters. The average Bonchev–Trinajstić information content (AvgIpc) is 3.14. The number of amides is 1. The minimum Gasteiger partial charge on any atom is -0.481 e. The minimum absolute atomic E-state index is 0.233. The van der Waals surface area contributed by atoms with Crippen LogP contribution in [0.2, 0.25) is 5.02 Å². The van der Waals surface area contributed by atoms with Crippen LogP contribution in [-0.4, -0.2) is 26.3 Å². The molecule has 2 aromatic heterocycles. The molecule has 0 bridgehead atoms. The molecule has 0 radical (unpaired) electrons. The van der Waals surface area contributed by atoms with E-state index >= 15 is 0 Å². The predicted molar refractivity (Wildman–Crippen MR) is 103 cm³/mol. The molecule has 0 aliphatic rings. The molecule has 0 saturated carbocycles. The first-order valence-corrected chi connectivity index (χ1v) is 9.51. The first-order chi connectivity index (χ1) is 13.4. The third-order valence-corrected chi connectivity index (χ3v) is 4.68. The summed E-state index contributed by atoms with van der Waals surface area (Å²) < 4.78 is 24.1. The number of thioether (sulfide) groups is 1. The number of benzene rings is 1. The van der Waals surface area contributed by atoms with Gasteiger partial charge in [-0.3, -0.25) is 4.79 Å². The number of pyridine rings is 1. The van der Waals surface area contributed by atoms with Crippen molar-refractivity contribution in [1.82, 2.24) is 15.2 Å². The third-order valence-electron chi connectivity index (χ3n) is 3.52. The Labute approximate surface area is 169 Å². The number of nitrogens with zero attached hydrogens (tertiary/aromatic N) is 3. The molecule has 146 valence electrons. The fourth-order valence-electron chi connectivity index (χ4n) is 2.08. The molecular formula is C18H16ClFN4O3S. The van der Waals surface area contributed by atoms with Crippen molar-refractivity contribution >= 4 is 35.1 Å². The van der Waals surface area contributed by atoms with Gasteiger partial charge in [0, 0.05) is 6.20 Å². The maximum atomic E-state index is 13.0. The van der Waals surface area contributed by atoms with Gasteiger partial charge in [0.15, 0.2) is 6.10 Å². The summed E-state index contributed by atoms with van der Waals surface area (Å²) in [5.41, 5.74) is 0. The van der Waals surface area contributed by atoms with Crippen LogP contribution in [0.3, 0.4) is 0 Å². The molecule has 0 aliphatic heterocycles. The van der Waals surface area contributed by atoms with Crippen LogP contribution in [0.1, 0.15) is 25.8 Å². The second-order valence-electron chi connectivity index (χ2n) is 5.73. The first-order valence-electron chi connectivity index (χ1n) is 8.25. The number of carbonyl (C=O) groups is 1. The van der Waals surface area contributed by atoms with Crippen LogP contribution >= 0.6 is 23.4 Å². The van der Waals surface area contributed by atoms with E-state index in [1.54, 1.807) is 26.0 Å². The lowest BCUT2D eigenvalue weighted by Crippen LogP contribution is -2.22. The molecule has 7 nitrogen and oxygen atoms in total. The Balaban J connectivity index is 1.56. The molecule has 28 heavy (non-hydrogen) atoms. The van der Waals surface area contributed by atoms with E-state index in [4.69, 9.17) is 20.8 Å². The number of hydrogen-bond acceptors (Lipinski definition) is 7. The predicted octanol–water partition coefficient (Wildman–Crippen LogP) is 4.52. The molecule has 1 N–H and O–H groups in total. The molecule has 0 saturated heterocycles. The normalized spacial score (nSPS) is 13.0. The van der Waals surface area contributed by atoms with Gasteiger partial charge in [-0.05, 0) is 50.2 Å². The fraction of sp³-hybridized carbons (Fsp3) is 0.222. The van der Waals surface area contributed by atoms with Gasteiger partial charge in [0.2, 0.25) is 5.91 Å². The van der Waals surface area contributed by atoms with Crippen molar-refractivity contribution in [2.45, 2.75) is 30.4 Å². The Hall–Kier alpha value is -2.65. The largest absolute Gasteiger partial charge is 0.481 e. The zero-order valence-electron chi connectivity index (χ0n) is 14.9. The highest BCUT2D eigenvalue weighted by molar-refractivity contribution is 8.00. The topological polar surface area (TPSA) is 90.1 Å². The van der Waals surface area contributed by atoms with E-state index < -0.39 is 11.4 Å². The van der Waals surface area contributed by atoms with E-state index in [-0.39, 0.29) is 22.8 Å². The molecule has 2 heterocycles. The van der Waals surface area contributed by atoms with E-state index in [0.717, 1.165) is 11.8 Å². The van der Waals surface area contributed by atoms with Gasteiger partial charge in [0.05, 0.1) is 10.3 Å². The zero-order valence-corrected chi connectivity index (χ0v) is 16.5. The van der Waals surface area contributed by atoms with Gasteiger partial charge in [0.1, 0.15) is 17.4 Å². The number of nitrogens with one attached hydrogen (secondary N) is 1. The monoisotopic (exact) mass is 422 g/mol. The van der Waals surface area contributed by atoms with Gasteiger partial charge < -0.3 is 14.5 Å². The Morgan fingerprint density at radius 3 is 2.64 bits per heavy atom. The summed E-state index contributed by atoms with van der Waals surface area (Å²) in [5.74, 6) is 0.505. The minimum atomic E-state index is -0.533. The SMILES string of the molecule is CC(Sc1nnc(C(C)Oc2ccc(F)cc2)o1)C(=O)Nc1ccc(Cl)cn1. The first kappa shape index (κ1) is 20.1. The Morgan fingerprint density at radius 2 is 1.96 bits per heavy atom. The van der Waals surface area contributed by atoms with Crippen molar-refractivity contribution in [2.24, 2.45) is 0 Å². The van der Waals surface area contributed by atoms with Crippen molar-refractivity contribution in [3.05, 3.63) is 59.3 Å². The molecule has 0 aliphatic carbocycles. The smallest absolute Gasteiger partial charge is 0.277 e. The summed E-state index contributed by atoms with van der Waals surface area (Å²) in [6.07, 6.45) is 0.914. The molecular weight excluding hydrogens is 407 g/mol. The van der Waals surface area contributed by atoms with E-state index in [9.17, 15) is 9.18 Å². The number of aromatic nitrogens is 3. The Kier molecular flexibility index (Phi) is 6.48. The van der Waals surface area contributed by atoms with Crippen LogP contribution < -0.4 is 10.1 Å². The molecule has 2 atom stereocenters. The summed E-state index contributed by atoms with van der Waals surface area (Å²) >= 11 is 6.88. The van der Waals surface area contributed by atoms with Crippen molar-refractivity contribution in [3.8, 4) is 5.75 Å². The van der Waals surface area contributed by atoms with E-state index in [1.165, 1.54) is 30.5 Å². The van der Waals surface area contributed by atoms with Crippen LogP contribution in [0.25, 0.3) is 0 Å². The molecule has 0 spiro atoms. The second-order valence-corrected chi connectivity index (χ2v) is 7.46. The van der Waals surface area contributed by atoms with Crippen LogP contribution in [0, 0.1) is 5.82 Å². The van der Waals surface area contributed by atoms with Crippen molar-refractivity contribution in [2.75, 3.05) is 5.32 Å². The van der Waals surface area contributed by atoms with Gasteiger partial charge in [-0.15, -0.1) is 10.2 Å². The lowest BCUT2D eigenvalue weighted by molar-refractivity contribution is -0.115. The third kappa shape index (κ3) is 5.43. The number of ether oxygens (including phenoxy) is 1. The molecule has 3 rings (SSSR count).